The number of aryl methyl sites for hydroxylation is 1. The molecular weight excluding hydrogens is 386 g/mol. The van der Waals surface area contributed by atoms with Crippen LogP contribution in [0.1, 0.15) is 18.2 Å². The Labute approximate surface area is 169 Å². The Balaban J connectivity index is 1.45. The molecule has 2 N–H and O–H groups in total. The Kier molecular flexibility index (Phi) is 4.42. The number of para-hydroxylation sites is 1. The van der Waals surface area contributed by atoms with Gasteiger partial charge in [-0.2, -0.15) is 5.10 Å². The summed E-state index contributed by atoms with van der Waals surface area (Å²) in [5.41, 5.74) is 2.78. The van der Waals surface area contributed by atoms with Gasteiger partial charge in [-0.15, -0.1) is 0 Å². The van der Waals surface area contributed by atoms with Crippen molar-refractivity contribution < 1.29 is 8.42 Å². The minimum atomic E-state index is -3.63. The Morgan fingerprint density at radius 2 is 2.00 bits per heavy atom. The van der Waals surface area contributed by atoms with Gasteiger partial charge in [0.1, 0.15) is 0 Å². The van der Waals surface area contributed by atoms with E-state index in [1.165, 1.54) is 0 Å². The van der Waals surface area contributed by atoms with Gasteiger partial charge in [-0.05, 0) is 36.1 Å². The second-order valence-corrected chi connectivity index (χ2v) is 9.28. The highest BCUT2D eigenvalue weighted by Gasteiger charge is 2.30. The number of sulfonamides is 1. The third-order valence-corrected chi connectivity index (χ3v) is 7.16. The second kappa shape index (κ2) is 6.98. The van der Waals surface area contributed by atoms with Crippen molar-refractivity contribution in [3.05, 3.63) is 60.4 Å². The number of hydrogen-bond donors (Lipinski definition) is 2. The molecule has 0 radical (unpaired) electrons. The molecule has 0 amide bonds. The van der Waals surface area contributed by atoms with Crippen LogP contribution in [-0.2, 0) is 17.1 Å². The first-order chi connectivity index (χ1) is 14.0. The summed E-state index contributed by atoms with van der Waals surface area (Å²) in [6.07, 6.45) is 2.93. The minimum absolute atomic E-state index is 0.0983. The van der Waals surface area contributed by atoms with E-state index in [2.05, 4.69) is 20.7 Å². The van der Waals surface area contributed by atoms with Gasteiger partial charge in [0, 0.05) is 43.8 Å². The number of fused-ring (bicyclic) bond motifs is 2. The number of nitrogens with one attached hydrogen (secondary N) is 2. The van der Waals surface area contributed by atoms with Gasteiger partial charge < -0.3 is 4.98 Å². The van der Waals surface area contributed by atoms with Crippen LogP contribution >= 0.6 is 0 Å². The molecule has 4 aromatic rings. The van der Waals surface area contributed by atoms with Crippen molar-refractivity contribution in [2.45, 2.75) is 17.4 Å². The topological polar surface area (TPSA) is 83.0 Å². The zero-order valence-electron chi connectivity index (χ0n) is 16.2. The predicted molar refractivity (Wildman–Crippen MR) is 113 cm³/mol. The van der Waals surface area contributed by atoms with Crippen LogP contribution < -0.4 is 4.72 Å². The van der Waals surface area contributed by atoms with Crippen molar-refractivity contribution in [2.75, 3.05) is 19.6 Å². The SMILES string of the molecule is Cn1nc([C@H](CNS(=O)(=O)c2ccc3cc[nH]c3c2)N2CCC2)c2ccccc21. The van der Waals surface area contributed by atoms with Crippen LogP contribution in [0.3, 0.4) is 0 Å². The maximum atomic E-state index is 13.0. The van der Waals surface area contributed by atoms with Crippen LogP contribution in [0.4, 0.5) is 0 Å². The summed E-state index contributed by atoms with van der Waals surface area (Å²) in [5, 5.41) is 6.79. The maximum absolute atomic E-state index is 13.0. The molecule has 29 heavy (non-hydrogen) atoms. The normalized spacial score (nSPS) is 16.3. The molecule has 0 unspecified atom stereocenters. The molecular formula is C21H23N5O2S. The first kappa shape index (κ1) is 18.4. The number of hydrogen-bond acceptors (Lipinski definition) is 4. The Morgan fingerprint density at radius 3 is 2.79 bits per heavy atom. The lowest BCUT2D eigenvalue weighted by molar-refractivity contribution is 0.117. The van der Waals surface area contributed by atoms with E-state index >= 15 is 0 Å². The molecule has 3 heterocycles. The molecule has 2 aromatic heterocycles. The van der Waals surface area contributed by atoms with Gasteiger partial charge in [0.05, 0.1) is 22.1 Å². The van der Waals surface area contributed by atoms with E-state index in [1.807, 2.05) is 42.1 Å². The molecule has 2 aromatic carbocycles. The van der Waals surface area contributed by atoms with Gasteiger partial charge in [-0.1, -0.05) is 24.3 Å². The van der Waals surface area contributed by atoms with Crippen LogP contribution in [0.25, 0.3) is 21.8 Å². The fourth-order valence-electron chi connectivity index (χ4n) is 4.01. The van der Waals surface area contributed by atoms with Gasteiger partial charge in [-0.25, -0.2) is 13.1 Å². The van der Waals surface area contributed by atoms with Crippen LogP contribution in [-0.4, -0.2) is 47.7 Å². The standard InChI is InChI=1S/C21H23N5O2S/c1-25-19-6-3-2-5-17(19)21(24-25)20(26-11-4-12-26)14-23-29(27,28)16-8-7-15-9-10-22-18(15)13-16/h2-3,5-10,13,20,22-23H,4,11-12,14H2,1H3/t20-/m0/s1. The Morgan fingerprint density at radius 1 is 1.17 bits per heavy atom. The van der Waals surface area contributed by atoms with Gasteiger partial charge in [0.15, 0.2) is 0 Å². The van der Waals surface area contributed by atoms with Crippen LogP contribution in [0, 0.1) is 0 Å². The van der Waals surface area contributed by atoms with Crippen LogP contribution in [0.5, 0.6) is 0 Å². The second-order valence-electron chi connectivity index (χ2n) is 7.51. The van der Waals surface area contributed by atoms with E-state index in [0.717, 1.165) is 47.0 Å². The molecule has 0 aliphatic carbocycles. The molecule has 8 heteroatoms. The Hall–Kier alpha value is -2.68. The molecule has 5 rings (SSSR count). The zero-order valence-corrected chi connectivity index (χ0v) is 17.0. The molecule has 1 saturated heterocycles. The van der Waals surface area contributed by atoms with Gasteiger partial charge in [0.25, 0.3) is 0 Å². The first-order valence-electron chi connectivity index (χ1n) is 9.75. The van der Waals surface area contributed by atoms with Crippen molar-refractivity contribution in [1.29, 1.82) is 0 Å². The van der Waals surface area contributed by atoms with Crippen LogP contribution in [0.15, 0.2) is 59.6 Å². The number of benzene rings is 2. The highest BCUT2D eigenvalue weighted by Crippen LogP contribution is 2.30. The molecule has 0 saturated carbocycles. The molecule has 0 spiro atoms. The van der Waals surface area contributed by atoms with Gasteiger partial charge in [-0.3, -0.25) is 9.58 Å². The number of H-pyrrole nitrogens is 1. The lowest BCUT2D eigenvalue weighted by Crippen LogP contribution is -2.45. The van der Waals surface area contributed by atoms with Crippen molar-refractivity contribution in [3.8, 4) is 0 Å². The number of nitrogens with zero attached hydrogens (tertiary/aromatic N) is 3. The number of rotatable bonds is 6. The van der Waals surface area contributed by atoms with E-state index in [0.29, 0.717) is 0 Å². The number of aromatic nitrogens is 3. The van der Waals surface area contributed by atoms with E-state index in [4.69, 9.17) is 5.10 Å². The quantitative estimate of drug-likeness (QED) is 0.513. The van der Waals surface area contributed by atoms with Crippen molar-refractivity contribution in [2.24, 2.45) is 7.05 Å². The minimum Gasteiger partial charge on any atom is -0.361 e. The summed E-state index contributed by atoms with van der Waals surface area (Å²) in [6.45, 7) is 2.18. The van der Waals surface area contributed by atoms with Crippen molar-refractivity contribution in [1.82, 2.24) is 24.4 Å². The average molecular weight is 410 g/mol. The molecule has 1 aliphatic rings. The van der Waals surface area contributed by atoms with E-state index < -0.39 is 10.0 Å². The van der Waals surface area contributed by atoms with Crippen molar-refractivity contribution >= 4 is 31.8 Å². The summed E-state index contributed by atoms with van der Waals surface area (Å²) in [7, 11) is -1.70. The monoisotopic (exact) mass is 409 g/mol. The van der Waals surface area contributed by atoms with Gasteiger partial charge in [0.2, 0.25) is 10.0 Å². The molecule has 0 bridgehead atoms. The molecule has 150 valence electrons. The third kappa shape index (κ3) is 3.23. The fourth-order valence-corrected chi connectivity index (χ4v) is 5.07. The molecule has 1 aliphatic heterocycles. The first-order valence-corrected chi connectivity index (χ1v) is 11.2. The third-order valence-electron chi connectivity index (χ3n) is 5.74. The summed E-state index contributed by atoms with van der Waals surface area (Å²) in [4.78, 5) is 5.62. The summed E-state index contributed by atoms with van der Waals surface area (Å²) in [5.74, 6) is 0. The van der Waals surface area contributed by atoms with Gasteiger partial charge >= 0.3 is 0 Å². The highest BCUT2D eigenvalue weighted by molar-refractivity contribution is 7.89. The van der Waals surface area contributed by atoms with E-state index in [1.54, 1.807) is 18.3 Å². The summed E-state index contributed by atoms with van der Waals surface area (Å²) >= 11 is 0. The number of likely N-dealkylation sites (tertiary alicyclic amines) is 1. The Bertz CT molecular complexity index is 1290. The molecule has 1 fully saturated rings. The zero-order chi connectivity index (χ0) is 20.0. The smallest absolute Gasteiger partial charge is 0.240 e. The molecule has 7 nitrogen and oxygen atoms in total. The van der Waals surface area contributed by atoms with E-state index in [-0.39, 0.29) is 17.5 Å². The van der Waals surface area contributed by atoms with E-state index in [9.17, 15) is 8.42 Å². The summed E-state index contributed by atoms with van der Waals surface area (Å²) in [6, 6.07) is 15.0. The van der Waals surface area contributed by atoms with Crippen molar-refractivity contribution in [3.63, 3.8) is 0 Å². The summed E-state index contributed by atoms with van der Waals surface area (Å²) < 4.78 is 30.6. The highest BCUT2D eigenvalue weighted by atomic mass is 32.2. The lowest BCUT2D eigenvalue weighted by atomic mass is 10.0. The maximum Gasteiger partial charge on any atom is 0.240 e. The number of aromatic amines is 1. The lowest BCUT2D eigenvalue weighted by Gasteiger charge is -2.37. The molecule has 1 atom stereocenters. The predicted octanol–water partition coefficient (Wildman–Crippen LogP) is 2.78. The largest absolute Gasteiger partial charge is 0.361 e. The van der Waals surface area contributed by atoms with Crippen LogP contribution in [0.2, 0.25) is 0 Å². The average Bonchev–Trinajstić information content (AvgIpc) is 3.28. The fraction of sp³-hybridized carbons (Fsp3) is 0.286.